The van der Waals surface area contributed by atoms with E-state index in [1.54, 1.807) is 4.31 Å². The van der Waals surface area contributed by atoms with Gasteiger partial charge in [-0.1, -0.05) is 55.5 Å². The van der Waals surface area contributed by atoms with E-state index in [4.69, 9.17) is 0 Å². The number of carbonyl (C=O) groups is 1. The summed E-state index contributed by atoms with van der Waals surface area (Å²) in [6.45, 7) is 2.72. The molecule has 0 heterocycles. The lowest BCUT2D eigenvalue weighted by Crippen LogP contribution is -2.44. The van der Waals surface area contributed by atoms with Crippen LogP contribution < -0.4 is 5.32 Å². The van der Waals surface area contributed by atoms with Crippen molar-refractivity contribution in [1.29, 1.82) is 0 Å². The molecule has 1 fully saturated rings. The molecule has 0 bridgehead atoms. The van der Waals surface area contributed by atoms with Crippen LogP contribution in [0.5, 0.6) is 0 Å². The molecule has 1 N–H and O–H groups in total. The molecule has 0 saturated heterocycles. The summed E-state index contributed by atoms with van der Waals surface area (Å²) in [5, 5.41) is 2.86. The minimum absolute atomic E-state index is 0.0711. The number of rotatable bonds is 7. The van der Waals surface area contributed by atoms with E-state index in [1.165, 1.54) is 19.1 Å². The molecule has 1 aliphatic carbocycles. The predicted octanol–water partition coefficient (Wildman–Crippen LogP) is 2.64. The highest BCUT2D eigenvalue weighted by Crippen LogP contribution is 2.23. The Morgan fingerprint density at radius 3 is 2.28 bits per heavy atom. The van der Waals surface area contributed by atoms with E-state index in [0.29, 0.717) is 19.5 Å². The van der Waals surface area contributed by atoms with Gasteiger partial charge in [-0.2, -0.15) is 4.31 Å². The van der Waals surface area contributed by atoms with Crippen LogP contribution in [0, 0.1) is 6.92 Å². The molecule has 0 atom stereocenters. The molecular weight excluding hydrogens is 336 g/mol. The van der Waals surface area contributed by atoms with Crippen molar-refractivity contribution in [2.45, 2.75) is 57.9 Å². The third-order valence-corrected chi connectivity index (χ3v) is 6.13. The van der Waals surface area contributed by atoms with Crippen molar-refractivity contribution in [2.75, 3.05) is 19.3 Å². The van der Waals surface area contributed by atoms with Gasteiger partial charge in [0.15, 0.2) is 0 Å². The summed E-state index contributed by atoms with van der Waals surface area (Å²) in [5.41, 5.74) is 2.13. The van der Waals surface area contributed by atoms with Gasteiger partial charge in [0.2, 0.25) is 15.9 Å². The number of benzene rings is 1. The molecule has 0 spiro atoms. The van der Waals surface area contributed by atoms with Gasteiger partial charge in [-0.15, -0.1) is 0 Å². The standard InChI is InChI=1S/C19H30N2O3S/c1-16-9-11-17(12-10-16)15-19(22)20-13-14-21(25(2,23)24)18-7-5-3-4-6-8-18/h9-12,18H,3-8,13-15H2,1-2H3,(H,20,22). The zero-order valence-electron chi connectivity index (χ0n) is 15.3. The summed E-state index contributed by atoms with van der Waals surface area (Å²) < 4.78 is 25.9. The highest BCUT2D eigenvalue weighted by Gasteiger charge is 2.26. The van der Waals surface area contributed by atoms with Crippen molar-refractivity contribution in [3.05, 3.63) is 35.4 Å². The average molecular weight is 367 g/mol. The maximum atomic E-state index is 12.2. The molecule has 1 aromatic rings. The number of hydrogen-bond donors (Lipinski definition) is 1. The Morgan fingerprint density at radius 2 is 1.72 bits per heavy atom. The molecule has 5 nitrogen and oxygen atoms in total. The molecule has 0 aliphatic heterocycles. The largest absolute Gasteiger partial charge is 0.354 e. The van der Waals surface area contributed by atoms with Gasteiger partial charge < -0.3 is 5.32 Å². The average Bonchev–Trinajstić information content (AvgIpc) is 2.81. The molecule has 140 valence electrons. The van der Waals surface area contributed by atoms with Crippen LogP contribution >= 0.6 is 0 Å². The van der Waals surface area contributed by atoms with Gasteiger partial charge in [0.1, 0.15) is 0 Å². The second-order valence-electron chi connectivity index (χ2n) is 7.03. The zero-order valence-corrected chi connectivity index (χ0v) is 16.1. The highest BCUT2D eigenvalue weighted by molar-refractivity contribution is 7.88. The van der Waals surface area contributed by atoms with Gasteiger partial charge >= 0.3 is 0 Å². The minimum Gasteiger partial charge on any atom is -0.354 e. The van der Waals surface area contributed by atoms with Crippen molar-refractivity contribution in [3.8, 4) is 0 Å². The van der Waals surface area contributed by atoms with E-state index >= 15 is 0 Å². The smallest absolute Gasteiger partial charge is 0.224 e. The molecule has 2 rings (SSSR count). The van der Waals surface area contributed by atoms with E-state index in [2.05, 4.69) is 5.32 Å². The third-order valence-electron chi connectivity index (χ3n) is 4.80. The van der Waals surface area contributed by atoms with Crippen LogP contribution in [0.4, 0.5) is 0 Å². The zero-order chi connectivity index (χ0) is 18.3. The molecular formula is C19H30N2O3S. The van der Waals surface area contributed by atoms with E-state index in [0.717, 1.165) is 36.8 Å². The van der Waals surface area contributed by atoms with Gasteiger partial charge in [0.05, 0.1) is 12.7 Å². The van der Waals surface area contributed by atoms with Gasteiger partial charge in [0.25, 0.3) is 0 Å². The minimum atomic E-state index is -3.26. The summed E-state index contributed by atoms with van der Waals surface area (Å²) in [6.07, 6.45) is 7.96. The lowest BCUT2D eigenvalue weighted by atomic mass is 10.1. The topological polar surface area (TPSA) is 66.5 Å². The third kappa shape index (κ3) is 6.78. The second-order valence-corrected chi connectivity index (χ2v) is 8.97. The van der Waals surface area contributed by atoms with E-state index < -0.39 is 10.0 Å². The fourth-order valence-electron chi connectivity index (χ4n) is 3.42. The number of sulfonamides is 1. The van der Waals surface area contributed by atoms with Crippen LogP contribution in [0.2, 0.25) is 0 Å². The predicted molar refractivity (Wildman–Crippen MR) is 101 cm³/mol. The molecule has 1 aromatic carbocycles. The first-order chi connectivity index (χ1) is 11.9. The van der Waals surface area contributed by atoms with E-state index in [-0.39, 0.29) is 11.9 Å². The number of nitrogens with zero attached hydrogens (tertiary/aromatic N) is 1. The lowest BCUT2D eigenvalue weighted by molar-refractivity contribution is -0.120. The van der Waals surface area contributed by atoms with Crippen LogP contribution in [-0.2, 0) is 21.2 Å². The summed E-state index contributed by atoms with van der Waals surface area (Å²) in [5.74, 6) is -0.0711. The summed E-state index contributed by atoms with van der Waals surface area (Å²) >= 11 is 0. The van der Waals surface area contributed by atoms with Crippen LogP contribution in [-0.4, -0.2) is 44.0 Å². The Hall–Kier alpha value is -1.40. The number of amides is 1. The Labute approximate surface area is 151 Å². The van der Waals surface area contributed by atoms with Crippen molar-refractivity contribution < 1.29 is 13.2 Å². The first-order valence-electron chi connectivity index (χ1n) is 9.15. The fourth-order valence-corrected chi connectivity index (χ4v) is 4.60. The Morgan fingerprint density at radius 1 is 1.12 bits per heavy atom. The highest BCUT2D eigenvalue weighted by atomic mass is 32.2. The maximum Gasteiger partial charge on any atom is 0.224 e. The number of hydrogen-bond acceptors (Lipinski definition) is 3. The Bertz CT molecular complexity index is 648. The van der Waals surface area contributed by atoms with Gasteiger partial charge in [-0.3, -0.25) is 4.79 Å². The van der Waals surface area contributed by atoms with Crippen molar-refractivity contribution in [1.82, 2.24) is 9.62 Å². The van der Waals surface area contributed by atoms with Crippen molar-refractivity contribution in [3.63, 3.8) is 0 Å². The van der Waals surface area contributed by atoms with Crippen LogP contribution in [0.25, 0.3) is 0 Å². The first-order valence-corrected chi connectivity index (χ1v) is 11.0. The normalized spacial score (nSPS) is 16.6. The van der Waals surface area contributed by atoms with Crippen molar-refractivity contribution in [2.24, 2.45) is 0 Å². The fraction of sp³-hybridized carbons (Fsp3) is 0.632. The molecule has 1 saturated carbocycles. The van der Waals surface area contributed by atoms with Gasteiger partial charge in [0, 0.05) is 19.1 Å². The van der Waals surface area contributed by atoms with E-state index in [9.17, 15) is 13.2 Å². The number of nitrogens with one attached hydrogen (secondary N) is 1. The van der Waals surface area contributed by atoms with E-state index in [1.807, 2.05) is 31.2 Å². The lowest BCUT2D eigenvalue weighted by Gasteiger charge is -2.29. The molecule has 0 radical (unpaired) electrons. The molecule has 1 aliphatic rings. The summed E-state index contributed by atoms with van der Waals surface area (Å²) in [7, 11) is -3.26. The Kier molecular flexibility index (Phi) is 7.44. The van der Waals surface area contributed by atoms with Crippen LogP contribution in [0.15, 0.2) is 24.3 Å². The molecule has 1 amide bonds. The quantitative estimate of drug-likeness (QED) is 0.755. The van der Waals surface area contributed by atoms with Gasteiger partial charge in [-0.25, -0.2) is 8.42 Å². The molecule has 6 heteroatoms. The summed E-state index contributed by atoms with van der Waals surface area (Å²) in [6, 6.07) is 7.94. The maximum absolute atomic E-state index is 12.2. The van der Waals surface area contributed by atoms with Gasteiger partial charge in [-0.05, 0) is 25.3 Å². The second kappa shape index (κ2) is 9.34. The van der Waals surface area contributed by atoms with Crippen molar-refractivity contribution >= 4 is 15.9 Å². The van der Waals surface area contributed by atoms with Crippen LogP contribution in [0.1, 0.15) is 49.7 Å². The van der Waals surface area contributed by atoms with Crippen LogP contribution in [0.3, 0.4) is 0 Å². The number of carbonyl (C=O) groups excluding carboxylic acids is 1. The molecule has 25 heavy (non-hydrogen) atoms. The number of aryl methyl sites for hydroxylation is 1. The molecule has 0 aromatic heterocycles. The summed E-state index contributed by atoms with van der Waals surface area (Å²) in [4.78, 5) is 12.1. The monoisotopic (exact) mass is 366 g/mol. The SMILES string of the molecule is Cc1ccc(CC(=O)NCCN(C2CCCCCC2)S(C)(=O)=O)cc1. The first kappa shape index (κ1) is 19.9. The Balaban J connectivity index is 1.85. The molecule has 0 unspecified atom stereocenters.